The van der Waals surface area contributed by atoms with Crippen molar-refractivity contribution in [3.63, 3.8) is 0 Å². The zero-order valence-corrected chi connectivity index (χ0v) is 25.9. The summed E-state index contributed by atoms with van der Waals surface area (Å²) >= 11 is 0. The summed E-state index contributed by atoms with van der Waals surface area (Å²) in [5, 5.41) is 32.3. The number of aromatic hydroxyl groups is 3. The standard InChI is InChI=1S/C45H30O3/c46-28-13-7-10-25(22-28)37-31-16-1-4-19-34(31)40-43(37)41-35-20-5-2-17-32(35)39(27-12-9-15-30(48)24-27)45(41)42-36-21-6-3-18-33(36)38(44(40)42)26-11-8-14-29(47)23-26/h1-24,37-39,46-48H/t37-,38-,39-/m1/s1. The molecule has 7 aromatic rings. The average Bonchev–Trinajstić information content (AvgIpc) is 3.74. The van der Waals surface area contributed by atoms with Crippen LogP contribution in [0.5, 0.6) is 17.2 Å². The monoisotopic (exact) mass is 618 g/mol. The van der Waals surface area contributed by atoms with Gasteiger partial charge in [-0.1, -0.05) is 109 Å². The van der Waals surface area contributed by atoms with E-state index in [-0.39, 0.29) is 35.0 Å². The quantitative estimate of drug-likeness (QED) is 0.185. The Hall–Kier alpha value is -6.06. The lowest BCUT2D eigenvalue weighted by atomic mass is 9.77. The van der Waals surface area contributed by atoms with Crippen molar-refractivity contribution in [3.05, 3.63) is 196 Å². The van der Waals surface area contributed by atoms with Crippen LogP contribution < -0.4 is 0 Å². The molecule has 0 spiro atoms. The first-order valence-corrected chi connectivity index (χ1v) is 16.5. The van der Waals surface area contributed by atoms with Gasteiger partial charge in [0.15, 0.2) is 0 Å². The molecule has 3 N–H and O–H groups in total. The van der Waals surface area contributed by atoms with E-state index in [0.29, 0.717) is 0 Å². The molecular formula is C45H30O3. The van der Waals surface area contributed by atoms with Gasteiger partial charge >= 0.3 is 0 Å². The molecule has 0 unspecified atom stereocenters. The lowest BCUT2D eigenvalue weighted by Crippen LogP contribution is -2.08. The number of rotatable bonds is 3. The zero-order chi connectivity index (χ0) is 32.1. The summed E-state index contributed by atoms with van der Waals surface area (Å²) < 4.78 is 0. The Morgan fingerprint density at radius 1 is 0.312 bits per heavy atom. The van der Waals surface area contributed by atoms with Crippen LogP contribution in [-0.4, -0.2) is 15.3 Å². The van der Waals surface area contributed by atoms with Crippen LogP contribution in [0.1, 0.15) is 67.8 Å². The topological polar surface area (TPSA) is 60.7 Å². The van der Waals surface area contributed by atoms with Crippen LogP contribution in [0.15, 0.2) is 146 Å². The van der Waals surface area contributed by atoms with E-state index in [1.807, 2.05) is 36.4 Å². The van der Waals surface area contributed by atoms with E-state index in [2.05, 4.69) is 91.0 Å². The van der Waals surface area contributed by atoms with Crippen molar-refractivity contribution in [3.8, 4) is 50.6 Å². The lowest BCUT2D eigenvalue weighted by molar-refractivity contribution is 0.474. The predicted octanol–water partition coefficient (Wildman–Crippen LogP) is 10.3. The molecule has 0 amide bonds. The predicted molar refractivity (Wildman–Crippen MR) is 190 cm³/mol. The number of phenols is 3. The SMILES string of the molecule is Oc1cccc([C@@H]2c3ccccc3-c3c2c2c(c4c3[C@H](c3cccc(O)c3)c3ccccc3-4)[C@H](c3cccc(O)c3)c3ccccc3-2)c1. The van der Waals surface area contributed by atoms with Crippen LogP contribution in [0.3, 0.4) is 0 Å². The normalized spacial score (nSPS) is 17.6. The smallest absolute Gasteiger partial charge is 0.115 e. The molecule has 0 aromatic heterocycles. The highest BCUT2D eigenvalue weighted by atomic mass is 16.3. The molecule has 3 aliphatic carbocycles. The number of hydrogen-bond donors (Lipinski definition) is 3. The van der Waals surface area contributed by atoms with Crippen molar-refractivity contribution in [1.82, 2.24) is 0 Å². The third-order valence-electron chi connectivity index (χ3n) is 10.7. The fourth-order valence-corrected chi connectivity index (χ4v) is 9.09. The first-order chi connectivity index (χ1) is 23.6. The van der Waals surface area contributed by atoms with Crippen LogP contribution in [0.4, 0.5) is 0 Å². The van der Waals surface area contributed by atoms with Gasteiger partial charge in [0.2, 0.25) is 0 Å². The molecule has 0 saturated carbocycles. The molecule has 0 radical (unpaired) electrons. The number of phenolic OH excluding ortho intramolecular Hbond substituents is 3. The van der Waals surface area contributed by atoms with Crippen molar-refractivity contribution in [2.24, 2.45) is 0 Å². The van der Waals surface area contributed by atoms with Gasteiger partial charge in [-0.2, -0.15) is 0 Å². The molecule has 3 aliphatic rings. The maximum absolute atomic E-state index is 10.8. The van der Waals surface area contributed by atoms with Gasteiger partial charge in [-0.15, -0.1) is 0 Å². The van der Waals surface area contributed by atoms with Crippen LogP contribution in [-0.2, 0) is 0 Å². The zero-order valence-electron chi connectivity index (χ0n) is 25.9. The van der Waals surface area contributed by atoms with E-state index in [1.165, 1.54) is 66.8 Å². The molecule has 0 fully saturated rings. The summed E-state index contributed by atoms with van der Waals surface area (Å²) in [6.45, 7) is 0. The maximum atomic E-state index is 10.8. The minimum atomic E-state index is -0.105. The van der Waals surface area contributed by atoms with E-state index in [1.54, 1.807) is 18.2 Å². The Balaban J connectivity index is 1.43. The molecule has 7 aromatic carbocycles. The van der Waals surface area contributed by atoms with E-state index in [4.69, 9.17) is 0 Å². The summed E-state index contributed by atoms with van der Waals surface area (Å²) in [5.41, 5.74) is 17.9. The van der Waals surface area contributed by atoms with Crippen molar-refractivity contribution in [2.45, 2.75) is 17.8 Å². The Morgan fingerprint density at radius 3 is 0.896 bits per heavy atom. The van der Waals surface area contributed by atoms with Crippen molar-refractivity contribution >= 4 is 0 Å². The maximum Gasteiger partial charge on any atom is 0.115 e. The van der Waals surface area contributed by atoms with Crippen molar-refractivity contribution in [2.75, 3.05) is 0 Å². The third kappa shape index (κ3) is 3.64. The third-order valence-corrected chi connectivity index (χ3v) is 10.7. The summed E-state index contributed by atoms with van der Waals surface area (Å²) in [7, 11) is 0. The fourth-order valence-electron chi connectivity index (χ4n) is 9.09. The molecule has 10 rings (SSSR count). The van der Waals surface area contributed by atoms with E-state index >= 15 is 0 Å². The molecule has 3 atom stereocenters. The molecule has 0 saturated heterocycles. The number of fused-ring (bicyclic) bond motifs is 12. The van der Waals surface area contributed by atoms with Crippen molar-refractivity contribution < 1.29 is 15.3 Å². The Bertz CT molecular complexity index is 2180. The minimum Gasteiger partial charge on any atom is -0.508 e. The summed E-state index contributed by atoms with van der Waals surface area (Å²) in [4.78, 5) is 0. The fraction of sp³-hybridized carbons (Fsp3) is 0.0667. The van der Waals surface area contributed by atoms with Crippen LogP contribution in [0.2, 0.25) is 0 Å². The first kappa shape index (κ1) is 27.1. The second-order valence-electron chi connectivity index (χ2n) is 13.2. The molecule has 0 bridgehead atoms. The second kappa shape index (κ2) is 9.97. The minimum absolute atomic E-state index is 0.105. The number of hydrogen-bond acceptors (Lipinski definition) is 3. The van der Waals surface area contributed by atoms with Crippen molar-refractivity contribution in [1.29, 1.82) is 0 Å². The highest BCUT2D eigenvalue weighted by molar-refractivity contribution is 6.04. The molecule has 0 heterocycles. The summed E-state index contributed by atoms with van der Waals surface area (Å²) in [5.74, 6) is 0.434. The van der Waals surface area contributed by atoms with Crippen LogP contribution >= 0.6 is 0 Å². The molecule has 3 heteroatoms. The Morgan fingerprint density at radius 2 is 0.604 bits per heavy atom. The van der Waals surface area contributed by atoms with Gasteiger partial charge in [0.25, 0.3) is 0 Å². The highest BCUT2D eigenvalue weighted by Crippen LogP contribution is 2.66. The van der Waals surface area contributed by atoms with E-state index in [9.17, 15) is 15.3 Å². The van der Waals surface area contributed by atoms with Gasteiger partial charge in [0, 0.05) is 17.8 Å². The van der Waals surface area contributed by atoms with Gasteiger partial charge in [-0.25, -0.2) is 0 Å². The molecular weight excluding hydrogens is 588 g/mol. The molecule has 228 valence electrons. The van der Waals surface area contributed by atoms with E-state index < -0.39 is 0 Å². The summed E-state index contributed by atoms with van der Waals surface area (Å²) in [6.07, 6.45) is 0. The van der Waals surface area contributed by atoms with Gasteiger partial charge in [-0.3, -0.25) is 0 Å². The Labute approximate surface area is 278 Å². The van der Waals surface area contributed by atoms with Gasteiger partial charge in [0.1, 0.15) is 17.2 Å². The van der Waals surface area contributed by atoms with Crippen LogP contribution in [0.25, 0.3) is 33.4 Å². The Kier molecular flexibility index (Phi) is 5.63. The largest absolute Gasteiger partial charge is 0.508 e. The molecule has 0 aliphatic heterocycles. The van der Waals surface area contributed by atoms with E-state index in [0.717, 1.165) is 16.7 Å². The van der Waals surface area contributed by atoms with Gasteiger partial charge < -0.3 is 15.3 Å². The lowest BCUT2D eigenvalue weighted by Gasteiger charge is -2.25. The second-order valence-corrected chi connectivity index (χ2v) is 13.2. The van der Waals surface area contributed by atoms with Gasteiger partial charge in [-0.05, 0) is 120 Å². The first-order valence-electron chi connectivity index (χ1n) is 16.5. The molecule has 3 nitrogen and oxygen atoms in total. The van der Waals surface area contributed by atoms with Crippen LogP contribution in [0, 0.1) is 0 Å². The molecule has 48 heavy (non-hydrogen) atoms. The number of benzene rings is 7. The van der Waals surface area contributed by atoms with Gasteiger partial charge in [0.05, 0.1) is 0 Å². The highest BCUT2D eigenvalue weighted by Gasteiger charge is 2.47. The summed E-state index contributed by atoms with van der Waals surface area (Å²) in [6, 6.07) is 49.3. The average molecular weight is 619 g/mol.